The molecule has 0 fully saturated rings. The maximum Gasteiger partial charge on any atom is 0.281 e. The lowest BCUT2D eigenvalue weighted by molar-refractivity contribution is 0.333. The second kappa shape index (κ2) is 8.89. The summed E-state index contributed by atoms with van der Waals surface area (Å²) >= 11 is 0. The first-order chi connectivity index (χ1) is 8.04. The van der Waals surface area contributed by atoms with Crippen molar-refractivity contribution >= 4 is 10.2 Å². The zero-order valence-corrected chi connectivity index (χ0v) is 12.6. The van der Waals surface area contributed by atoms with Crippen LogP contribution in [0, 0.1) is 0 Å². The molecule has 0 aliphatic rings. The maximum absolute atomic E-state index is 12.4. The van der Waals surface area contributed by atoms with Gasteiger partial charge in [-0.2, -0.15) is 17.0 Å². The molecule has 0 amide bonds. The topological polar surface area (TPSA) is 40.6 Å². The Labute approximate surface area is 107 Å². The first-order valence-electron chi connectivity index (χ1n) is 6.79. The molecule has 0 aromatic heterocycles. The molecule has 0 unspecified atom stereocenters. The van der Waals surface area contributed by atoms with Gasteiger partial charge in [-0.3, -0.25) is 0 Å². The number of hydrogen-bond donors (Lipinski definition) is 0. The third-order valence-electron chi connectivity index (χ3n) is 2.54. The van der Waals surface area contributed by atoms with E-state index < -0.39 is 10.2 Å². The Kier molecular flexibility index (Phi) is 8.82. The molecule has 0 aliphatic carbocycles. The van der Waals surface area contributed by atoms with E-state index in [9.17, 15) is 8.42 Å². The van der Waals surface area contributed by atoms with Crippen LogP contribution in [0.25, 0.3) is 0 Å². The summed E-state index contributed by atoms with van der Waals surface area (Å²) < 4.78 is 28.1. The first-order valence-corrected chi connectivity index (χ1v) is 8.19. The number of nitrogens with zero attached hydrogens (tertiary/aromatic N) is 2. The van der Waals surface area contributed by atoms with Crippen LogP contribution < -0.4 is 0 Å². The average molecular weight is 264 g/mol. The minimum Gasteiger partial charge on any atom is -0.195 e. The minimum absolute atomic E-state index is 0.625. The summed E-state index contributed by atoms with van der Waals surface area (Å²) in [6, 6.07) is 0. The van der Waals surface area contributed by atoms with E-state index in [1.54, 1.807) is 8.61 Å². The van der Waals surface area contributed by atoms with Crippen LogP contribution in [-0.4, -0.2) is 43.2 Å². The van der Waals surface area contributed by atoms with E-state index in [2.05, 4.69) is 0 Å². The van der Waals surface area contributed by atoms with E-state index in [-0.39, 0.29) is 0 Å². The van der Waals surface area contributed by atoms with Crippen molar-refractivity contribution in [3.63, 3.8) is 0 Å². The molecule has 0 saturated carbocycles. The first kappa shape index (κ1) is 16.9. The fraction of sp³-hybridized carbons (Fsp3) is 1.00. The summed E-state index contributed by atoms with van der Waals surface area (Å²) in [5, 5.41) is 0. The quantitative estimate of drug-likeness (QED) is 0.608. The smallest absolute Gasteiger partial charge is 0.195 e. The van der Waals surface area contributed by atoms with Crippen LogP contribution in [0.5, 0.6) is 0 Å². The van der Waals surface area contributed by atoms with Crippen molar-refractivity contribution in [1.82, 2.24) is 8.61 Å². The van der Waals surface area contributed by atoms with Crippen molar-refractivity contribution in [2.75, 3.05) is 26.2 Å². The highest BCUT2D eigenvalue weighted by Crippen LogP contribution is 2.11. The van der Waals surface area contributed by atoms with Gasteiger partial charge in [-0.15, -0.1) is 0 Å². The van der Waals surface area contributed by atoms with Gasteiger partial charge in [0.1, 0.15) is 0 Å². The Morgan fingerprint density at radius 1 is 0.647 bits per heavy atom. The van der Waals surface area contributed by atoms with Gasteiger partial charge >= 0.3 is 0 Å². The molecular weight excluding hydrogens is 236 g/mol. The van der Waals surface area contributed by atoms with Crippen LogP contribution in [0.2, 0.25) is 0 Å². The van der Waals surface area contributed by atoms with Crippen LogP contribution in [-0.2, 0) is 10.2 Å². The van der Waals surface area contributed by atoms with Gasteiger partial charge in [0.05, 0.1) is 0 Å². The van der Waals surface area contributed by atoms with Crippen LogP contribution in [0.1, 0.15) is 53.4 Å². The average Bonchev–Trinajstić information content (AvgIpc) is 2.28. The zero-order chi connectivity index (χ0) is 13.3. The minimum atomic E-state index is -3.25. The zero-order valence-electron chi connectivity index (χ0n) is 11.8. The fourth-order valence-electron chi connectivity index (χ4n) is 1.85. The van der Waals surface area contributed by atoms with E-state index in [1.165, 1.54) is 0 Å². The summed E-state index contributed by atoms with van der Waals surface area (Å²) in [4.78, 5) is 0. The molecular formula is C12H28N2O2S. The summed E-state index contributed by atoms with van der Waals surface area (Å²) in [6.07, 6.45) is 3.47. The van der Waals surface area contributed by atoms with Gasteiger partial charge in [0.15, 0.2) is 0 Å². The van der Waals surface area contributed by atoms with Crippen molar-refractivity contribution in [3.05, 3.63) is 0 Å². The molecule has 0 radical (unpaired) electrons. The Morgan fingerprint density at radius 2 is 0.882 bits per heavy atom. The summed E-state index contributed by atoms with van der Waals surface area (Å²) in [5.74, 6) is 0. The molecule has 0 saturated heterocycles. The second-order valence-electron chi connectivity index (χ2n) is 4.31. The Morgan fingerprint density at radius 3 is 1.06 bits per heavy atom. The van der Waals surface area contributed by atoms with Crippen molar-refractivity contribution < 1.29 is 8.42 Å². The summed E-state index contributed by atoms with van der Waals surface area (Å²) in [7, 11) is -3.25. The number of hydrogen-bond acceptors (Lipinski definition) is 2. The SMILES string of the molecule is CCCN(CCC)S(=O)(=O)N(CCC)CCC. The predicted octanol–water partition coefficient (Wildman–Crippen LogP) is 2.48. The van der Waals surface area contributed by atoms with Gasteiger partial charge in [0, 0.05) is 26.2 Å². The van der Waals surface area contributed by atoms with Crippen LogP contribution >= 0.6 is 0 Å². The van der Waals surface area contributed by atoms with Crippen molar-refractivity contribution in [2.45, 2.75) is 53.4 Å². The predicted molar refractivity (Wildman–Crippen MR) is 73.2 cm³/mol. The van der Waals surface area contributed by atoms with Crippen molar-refractivity contribution in [3.8, 4) is 0 Å². The molecule has 4 nitrogen and oxygen atoms in total. The van der Waals surface area contributed by atoms with Crippen LogP contribution in [0.15, 0.2) is 0 Å². The Bertz CT molecular complexity index is 244. The molecule has 0 aliphatic heterocycles. The molecule has 17 heavy (non-hydrogen) atoms. The third-order valence-corrected chi connectivity index (χ3v) is 4.58. The molecule has 0 rings (SSSR count). The van der Waals surface area contributed by atoms with Gasteiger partial charge < -0.3 is 0 Å². The highest BCUT2D eigenvalue weighted by Gasteiger charge is 2.27. The third kappa shape index (κ3) is 5.36. The molecule has 104 valence electrons. The normalized spacial score (nSPS) is 12.6. The molecule has 0 heterocycles. The van der Waals surface area contributed by atoms with Gasteiger partial charge in [-0.25, -0.2) is 0 Å². The summed E-state index contributed by atoms with van der Waals surface area (Å²) in [6.45, 7) is 10.6. The van der Waals surface area contributed by atoms with Gasteiger partial charge in [-0.1, -0.05) is 27.7 Å². The highest BCUT2D eigenvalue weighted by atomic mass is 32.2. The van der Waals surface area contributed by atoms with E-state index in [0.29, 0.717) is 26.2 Å². The molecule has 0 bridgehead atoms. The second-order valence-corrected chi connectivity index (χ2v) is 6.23. The van der Waals surface area contributed by atoms with Gasteiger partial charge in [0.2, 0.25) is 0 Å². The molecule has 0 N–H and O–H groups in total. The highest BCUT2D eigenvalue weighted by molar-refractivity contribution is 7.86. The van der Waals surface area contributed by atoms with Gasteiger partial charge in [-0.05, 0) is 25.7 Å². The molecule has 0 atom stereocenters. The fourth-order valence-corrected chi connectivity index (χ4v) is 3.83. The van der Waals surface area contributed by atoms with Crippen LogP contribution in [0.3, 0.4) is 0 Å². The van der Waals surface area contributed by atoms with E-state index in [4.69, 9.17) is 0 Å². The van der Waals surface area contributed by atoms with Gasteiger partial charge in [0.25, 0.3) is 10.2 Å². The lowest BCUT2D eigenvalue weighted by Crippen LogP contribution is -2.45. The van der Waals surface area contributed by atoms with E-state index in [1.807, 2.05) is 27.7 Å². The van der Waals surface area contributed by atoms with Crippen LogP contribution in [0.4, 0.5) is 0 Å². The lowest BCUT2D eigenvalue weighted by atomic mass is 10.4. The molecule has 0 spiro atoms. The molecule has 5 heteroatoms. The van der Waals surface area contributed by atoms with Crippen molar-refractivity contribution in [2.24, 2.45) is 0 Å². The largest absolute Gasteiger partial charge is 0.281 e. The maximum atomic E-state index is 12.4. The van der Waals surface area contributed by atoms with E-state index >= 15 is 0 Å². The lowest BCUT2D eigenvalue weighted by Gasteiger charge is -2.29. The molecule has 0 aromatic rings. The van der Waals surface area contributed by atoms with Crippen molar-refractivity contribution in [1.29, 1.82) is 0 Å². The standard InChI is InChI=1S/C12H28N2O2S/c1-5-9-13(10-6-2)17(15,16)14(11-7-3)12-8-4/h5-12H2,1-4H3. The number of rotatable bonds is 10. The monoisotopic (exact) mass is 264 g/mol. The summed E-state index contributed by atoms with van der Waals surface area (Å²) in [5.41, 5.74) is 0. The Balaban J connectivity index is 4.86. The van der Waals surface area contributed by atoms with E-state index in [0.717, 1.165) is 25.7 Å². The Hall–Kier alpha value is -0.130. The molecule has 0 aromatic carbocycles.